The van der Waals surface area contributed by atoms with Crippen LogP contribution in [0.3, 0.4) is 0 Å². The summed E-state index contributed by atoms with van der Waals surface area (Å²) in [6.07, 6.45) is -4.79. The van der Waals surface area contributed by atoms with Crippen molar-refractivity contribution < 1.29 is 31.5 Å². The zero-order valence-electron chi connectivity index (χ0n) is 12.4. The minimum Gasteiger partial charge on any atom is -0.465 e. The third kappa shape index (κ3) is 4.03. The smallest absolute Gasteiger partial charge is 0.416 e. The highest BCUT2D eigenvalue weighted by Gasteiger charge is 2.40. The third-order valence-corrected chi connectivity index (χ3v) is 5.35. The van der Waals surface area contributed by atoms with E-state index in [2.05, 4.69) is 36.6 Å². The Morgan fingerprint density at radius 1 is 1.00 bits per heavy atom. The van der Waals surface area contributed by atoms with Gasteiger partial charge in [0.2, 0.25) is 0 Å². The molecule has 2 aromatic carbocycles. The summed E-state index contributed by atoms with van der Waals surface area (Å²) < 4.78 is 72.7. The number of methoxy groups -OCH3 is 1. The van der Waals surface area contributed by atoms with E-state index in [1.807, 2.05) is 0 Å². The molecule has 0 atom stereocenters. The number of alkyl halides is 5. The van der Waals surface area contributed by atoms with Crippen LogP contribution >= 0.6 is 31.9 Å². The van der Waals surface area contributed by atoms with E-state index in [0.29, 0.717) is 12.1 Å². The molecule has 0 fully saturated rings. The van der Waals surface area contributed by atoms with Gasteiger partial charge in [-0.25, -0.2) is 4.79 Å². The molecule has 134 valence electrons. The first-order valence-corrected chi connectivity index (χ1v) is 8.20. The highest BCUT2D eigenvalue weighted by molar-refractivity contribution is 9.13. The fraction of sp³-hybridized carbons (Fsp3) is 0.188. The molecular formula is C16H9Br2F5O2. The molecule has 0 heterocycles. The van der Waals surface area contributed by atoms with Crippen LogP contribution in [0.2, 0.25) is 0 Å². The van der Waals surface area contributed by atoms with Gasteiger partial charge in [0.05, 0.1) is 18.2 Å². The zero-order chi connectivity index (χ0) is 19.0. The first-order chi connectivity index (χ1) is 11.5. The fourth-order valence-electron chi connectivity index (χ4n) is 2.10. The predicted molar refractivity (Wildman–Crippen MR) is 87.6 cm³/mol. The van der Waals surface area contributed by atoms with Gasteiger partial charge >= 0.3 is 12.1 Å². The summed E-state index contributed by atoms with van der Waals surface area (Å²) >= 11 is 5.74. The Morgan fingerprint density at radius 2 is 1.64 bits per heavy atom. The molecule has 2 nitrogen and oxygen atoms in total. The standard InChI is InChI=1S/C16H9Br2F5O2/c1-25-14(24)8-3-2-4-9(5-8)15(19,20)11-6-10(16(21,22)23)7-12(17)13(11)18/h2-7H,1H3. The van der Waals surface area contributed by atoms with Gasteiger partial charge in [-0.05, 0) is 56.1 Å². The minimum absolute atomic E-state index is 0.137. The van der Waals surface area contributed by atoms with Gasteiger partial charge in [-0.15, -0.1) is 0 Å². The quantitative estimate of drug-likeness (QED) is 0.383. The molecule has 2 rings (SSSR count). The van der Waals surface area contributed by atoms with E-state index in [1.54, 1.807) is 0 Å². The van der Waals surface area contributed by atoms with Crippen LogP contribution < -0.4 is 0 Å². The number of ether oxygens (including phenoxy) is 1. The second kappa shape index (κ2) is 7.03. The molecule has 0 saturated heterocycles. The van der Waals surface area contributed by atoms with Crippen molar-refractivity contribution in [1.29, 1.82) is 0 Å². The van der Waals surface area contributed by atoms with Crippen LogP contribution in [0.1, 0.15) is 27.0 Å². The molecule has 0 saturated carbocycles. The van der Waals surface area contributed by atoms with Gasteiger partial charge in [-0.2, -0.15) is 22.0 Å². The van der Waals surface area contributed by atoms with Crippen LogP contribution in [0.4, 0.5) is 22.0 Å². The zero-order valence-corrected chi connectivity index (χ0v) is 15.6. The van der Waals surface area contributed by atoms with E-state index < -0.39 is 34.8 Å². The predicted octanol–water partition coefficient (Wildman–Crippen LogP) is 6.16. The number of halogens is 7. The maximum atomic E-state index is 14.9. The lowest BCUT2D eigenvalue weighted by molar-refractivity contribution is -0.137. The summed E-state index contributed by atoms with van der Waals surface area (Å²) in [6, 6.07) is 5.45. The van der Waals surface area contributed by atoms with Crippen LogP contribution in [-0.2, 0) is 16.8 Å². The molecule has 0 spiro atoms. The summed E-state index contributed by atoms with van der Waals surface area (Å²) in [4.78, 5) is 11.5. The van der Waals surface area contributed by atoms with Gasteiger partial charge < -0.3 is 4.74 Å². The Kier molecular flexibility index (Phi) is 5.58. The molecular weight excluding hydrogens is 479 g/mol. The van der Waals surface area contributed by atoms with Crippen molar-refractivity contribution in [2.45, 2.75) is 12.1 Å². The summed E-state index contributed by atoms with van der Waals surface area (Å²) in [6.45, 7) is 0. The maximum absolute atomic E-state index is 14.9. The molecule has 0 unspecified atom stereocenters. The number of hydrogen-bond acceptors (Lipinski definition) is 2. The first-order valence-electron chi connectivity index (χ1n) is 6.62. The number of hydrogen-bond donors (Lipinski definition) is 0. The molecule has 0 amide bonds. The Morgan fingerprint density at radius 3 is 2.20 bits per heavy atom. The normalized spacial score (nSPS) is 12.2. The maximum Gasteiger partial charge on any atom is 0.416 e. The second-order valence-corrected chi connectivity index (χ2v) is 6.61. The average molecular weight is 488 g/mol. The Bertz CT molecular complexity index is 819. The SMILES string of the molecule is COC(=O)c1cccc(C(F)(F)c2cc(C(F)(F)F)cc(Br)c2Br)c1. The monoisotopic (exact) mass is 486 g/mol. The van der Waals surface area contributed by atoms with Crippen molar-refractivity contribution in [1.82, 2.24) is 0 Å². The van der Waals surface area contributed by atoms with E-state index in [1.165, 1.54) is 12.1 Å². The molecule has 0 N–H and O–H groups in total. The van der Waals surface area contributed by atoms with E-state index in [9.17, 15) is 26.7 Å². The van der Waals surface area contributed by atoms with Gasteiger partial charge in [0.1, 0.15) is 0 Å². The number of benzene rings is 2. The van der Waals surface area contributed by atoms with E-state index in [0.717, 1.165) is 19.2 Å². The molecule has 0 aromatic heterocycles. The molecule has 25 heavy (non-hydrogen) atoms. The fourth-order valence-corrected chi connectivity index (χ4v) is 3.03. The molecule has 0 radical (unpaired) electrons. The van der Waals surface area contributed by atoms with Crippen LogP contribution in [0.5, 0.6) is 0 Å². The lowest BCUT2D eigenvalue weighted by Gasteiger charge is -2.21. The van der Waals surface area contributed by atoms with Crippen molar-refractivity contribution in [2.75, 3.05) is 7.11 Å². The molecule has 0 aliphatic rings. The number of rotatable bonds is 3. The largest absolute Gasteiger partial charge is 0.465 e. The number of esters is 1. The van der Waals surface area contributed by atoms with E-state index in [-0.39, 0.29) is 14.5 Å². The number of carbonyl (C=O) groups is 1. The minimum atomic E-state index is -4.79. The van der Waals surface area contributed by atoms with Crippen LogP contribution in [0.15, 0.2) is 45.3 Å². The van der Waals surface area contributed by atoms with Crippen molar-refractivity contribution in [3.8, 4) is 0 Å². The summed E-state index contributed by atoms with van der Waals surface area (Å²) in [5.41, 5.74) is -2.87. The Balaban J connectivity index is 2.64. The lowest BCUT2D eigenvalue weighted by atomic mass is 9.97. The molecule has 0 aliphatic carbocycles. The highest BCUT2D eigenvalue weighted by atomic mass is 79.9. The molecule has 9 heteroatoms. The van der Waals surface area contributed by atoms with Gasteiger partial charge in [-0.3, -0.25) is 0 Å². The van der Waals surface area contributed by atoms with E-state index >= 15 is 0 Å². The van der Waals surface area contributed by atoms with Crippen molar-refractivity contribution in [2.24, 2.45) is 0 Å². The molecule has 2 aromatic rings. The van der Waals surface area contributed by atoms with Gasteiger partial charge in [-0.1, -0.05) is 12.1 Å². The van der Waals surface area contributed by atoms with Gasteiger partial charge in [0.25, 0.3) is 5.92 Å². The van der Waals surface area contributed by atoms with Crippen molar-refractivity contribution >= 4 is 37.8 Å². The Labute approximate surface area is 156 Å². The van der Waals surface area contributed by atoms with Crippen LogP contribution in [0, 0.1) is 0 Å². The molecule has 0 aliphatic heterocycles. The average Bonchev–Trinajstić information content (AvgIpc) is 2.55. The highest BCUT2D eigenvalue weighted by Crippen LogP contribution is 2.45. The van der Waals surface area contributed by atoms with Crippen molar-refractivity contribution in [3.05, 3.63) is 67.6 Å². The van der Waals surface area contributed by atoms with Gasteiger partial charge in [0.15, 0.2) is 0 Å². The van der Waals surface area contributed by atoms with E-state index in [4.69, 9.17) is 0 Å². The third-order valence-electron chi connectivity index (χ3n) is 3.34. The van der Waals surface area contributed by atoms with Crippen molar-refractivity contribution in [3.63, 3.8) is 0 Å². The summed E-state index contributed by atoms with van der Waals surface area (Å²) in [5, 5.41) is 0. The van der Waals surface area contributed by atoms with Gasteiger partial charge in [0, 0.05) is 20.1 Å². The Hall–Kier alpha value is -1.48. The summed E-state index contributed by atoms with van der Waals surface area (Å²) in [7, 11) is 1.09. The first kappa shape index (κ1) is 19.8. The summed E-state index contributed by atoms with van der Waals surface area (Å²) in [5.74, 6) is -4.62. The van der Waals surface area contributed by atoms with Crippen LogP contribution in [0.25, 0.3) is 0 Å². The molecule has 0 bridgehead atoms. The number of carbonyl (C=O) groups excluding carboxylic acids is 1. The van der Waals surface area contributed by atoms with Crippen LogP contribution in [-0.4, -0.2) is 13.1 Å². The lowest BCUT2D eigenvalue weighted by Crippen LogP contribution is -2.19. The second-order valence-electron chi connectivity index (χ2n) is 4.96. The topological polar surface area (TPSA) is 26.3 Å².